The van der Waals surface area contributed by atoms with E-state index in [1.807, 2.05) is 0 Å². The number of aromatic nitrogens is 3. The van der Waals surface area contributed by atoms with Crippen LogP contribution in [0.25, 0.3) is 0 Å². The van der Waals surface area contributed by atoms with Crippen LogP contribution >= 0.6 is 12.0 Å². The Morgan fingerprint density at radius 3 is 2.02 bits per heavy atom. The molecule has 60 heavy (non-hydrogen) atoms. The quantitative estimate of drug-likeness (QED) is 0.00961. The van der Waals surface area contributed by atoms with Crippen LogP contribution < -0.4 is 20.7 Å². The van der Waals surface area contributed by atoms with Gasteiger partial charge in [0.15, 0.2) is 0 Å². The van der Waals surface area contributed by atoms with E-state index in [0.717, 1.165) is 12.0 Å². The number of nitrogens with zero attached hydrogens (tertiary/aromatic N) is 7. The molecule has 1 heterocycles. The normalized spacial score (nSPS) is 12.2. The van der Waals surface area contributed by atoms with Crippen molar-refractivity contribution >= 4 is 94.4 Å². The number of ether oxygens (including phenoxy) is 1. The van der Waals surface area contributed by atoms with Crippen LogP contribution in [0.5, 0.6) is 5.75 Å². The molecule has 0 saturated heterocycles. The molecule has 1 aromatic heterocycles. The highest BCUT2D eigenvalue weighted by atomic mass is 32.2. The lowest BCUT2D eigenvalue weighted by molar-refractivity contribution is -0.432. The van der Waals surface area contributed by atoms with Gasteiger partial charge in [0.2, 0.25) is 17.8 Å². The van der Waals surface area contributed by atoms with E-state index in [4.69, 9.17) is 9.99 Å². The highest BCUT2D eigenvalue weighted by Gasteiger charge is 2.15. The molecule has 0 bridgehead atoms. The van der Waals surface area contributed by atoms with E-state index in [1.54, 1.807) is 61.5 Å². The van der Waals surface area contributed by atoms with E-state index in [0.29, 0.717) is 38.9 Å². The van der Waals surface area contributed by atoms with Gasteiger partial charge in [-0.2, -0.15) is 60.7 Å². The van der Waals surface area contributed by atoms with E-state index in [-0.39, 0.29) is 53.7 Å². The van der Waals surface area contributed by atoms with Crippen molar-refractivity contribution in [3.8, 4) is 5.75 Å². The monoisotopic (exact) mass is 906 g/mol. The Balaban J connectivity index is 1.40. The fourth-order valence-electron chi connectivity index (χ4n) is 4.74. The molecule has 318 valence electrons. The average molecular weight is 907 g/mol. The molecule has 5 rings (SSSR count). The van der Waals surface area contributed by atoms with Gasteiger partial charge >= 0.3 is 0 Å². The van der Waals surface area contributed by atoms with Crippen molar-refractivity contribution in [2.24, 2.45) is 20.5 Å². The predicted molar refractivity (Wildman–Crippen MR) is 217 cm³/mol. The second kappa shape index (κ2) is 20.5. The first-order chi connectivity index (χ1) is 28.4. The van der Waals surface area contributed by atoms with Gasteiger partial charge in [0, 0.05) is 23.2 Å². The summed E-state index contributed by atoms with van der Waals surface area (Å²) in [5.41, 5.74) is 2.92. The standard InChI is InChI=1S/C33H34N10O13S4/c1-21-18-23(8-12-28(21)43-40-22-6-10-27(11-7-22)60(51,52)53)35-32-37-31(34-14-17-59(48,49)50)38-33(39-32)36-29-13-9-25(20-30(29)54-15-3-16-58(45,46)47)42-41-24-4-2-5-26(19-24)57-56-55-44/h2,4-13,18-20,44H,3,14-17H2,1H3,(H,45,46,47)(H,48,49,50)(H,51,52,53)(H3,34,35,36,37,38,39). The predicted octanol–water partition coefficient (Wildman–Crippen LogP) is 7.13. The van der Waals surface area contributed by atoms with Crippen LogP contribution in [0.1, 0.15) is 12.0 Å². The molecule has 0 saturated carbocycles. The van der Waals surface area contributed by atoms with Crippen LogP contribution in [-0.2, 0) is 39.7 Å². The van der Waals surface area contributed by atoms with Gasteiger partial charge in [0.05, 0.1) is 63.5 Å². The summed E-state index contributed by atoms with van der Waals surface area (Å²) in [6.07, 6.45) is -0.0700. The first kappa shape index (κ1) is 45.3. The largest absolute Gasteiger partial charge is 0.491 e. The molecule has 5 aromatic rings. The van der Waals surface area contributed by atoms with Crippen molar-refractivity contribution in [3.05, 3.63) is 90.5 Å². The van der Waals surface area contributed by atoms with E-state index in [1.165, 1.54) is 30.3 Å². The van der Waals surface area contributed by atoms with Crippen molar-refractivity contribution in [3.63, 3.8) is 0 Å². The van der Waals surface area contributed by atoms with E-state index >= 15 is 0 Å². The van der Waals surface area contributed by atoms with E-state index < -0.39 is 41.9 Å². The molecule has 0 amide bonds. The molecular formula is C33H34N10O13S4. The molecular weight excluding hydrogens is 873 g/mol. The fraction of sp³-hybridized carbons (Fsp3) is 0.182. The zero-order valence-corrected chi connectivity index (χ0v) is 34.1. The summed E-state index contributed by atoms with van der Waals surface area (Å²) in [5, 5.41) is 37.5. The van der Waals surface area contributed by atoms with Crippen LogP contribution in [0.15, 0.2) is 115 Å². The van der Waals surface area contributed by atoms with E-state index in [9.17, 15) is 38.9 Å². The maximum atomic E-state index is 11.4. The lowest BCUT2D eigenvalue weighted by Gasteiger charge is -2.15. The summed E-state index contributed by atoms with van der Waals surface area (Å²) in [4.78, 5) is 13.3. The number of hydrogen-bond donors (Lipinski definition) is 7. The first-order valence-corrected chi connectivity index (χ1v) is 22.3. The first-order valence-electron chi connectivity index (χ1n) is 16.9. The molecule has 0 aliphatic heterocycles. The molecule has 0 aliphatic carbocycles. The van der Waals surface area contributed by atoms with Crippen molar-refractivity contribution in [1.29, 1.82) is 0 Å². The van der Waals surface area contributed by atoms with Crippen molar-refractivity contribution in [2.45, 2.75) is 23.1 Å². The Morgan fingerprint density at radius 2 is 1.35 bits per heavy atom. The maximum Gasteiger partial charge on any atom is 0.294 e. The van der Waals surface area contributed by atoms with Gasteiger partial charge in [0.1, 0.15) is 5.75 Å². The third-order valence-electron chi connectivity index (χ3n) is 7.41. The minimum Gasteiger partial charge on any atom is -0.491 e. The molecule has 0 atom stereocenters. The molecule has 0 aliphatic rings. The fourth-order valence-corrected chi connectivity index (χ4v) is 6.47. The van der Waals surface area contributed by atoms with Crippen LogP contribution in [-0.4, -0.2) is 83.8 Å². The van der Waals surface area contributed by atoms with Gasteiger partial charge in [-0.1, -0.05) is 11.1 Å². The Morgan fingerprint density at radius 1 is 0.700 bits per heavy atom. The van der Waals surface area contributed by atoms with Crippen LogP contribution in [0.3, 0.4) is 0 Å². The third kappa shape index (κ3) is 15.1. The van der Waals surface area contributed by atoms with Crippen LogP contribution in [0.2, 0.25) is 0 Å². The molecule has 27 heteroatoms. The number of rotatable bonds is 21. The highest BCUT2D eigenvalue weighted by Crippen LogP contribution is 2.34. The minimum absolute atomic E-state index is 0.0213. The zero-order valence-electron chi connectivity index (χ0n) is 30.8. The SMILES string of the molecule is Cc1cc(Nc2nc(NCCS(=O)(=O)O)nc(Nc3ccc(N=Nc4cccc(SOOO)c4)cc3OCCCS(=O)(=O)O)n2)ccc1N=Nc1ccc(S(=O)(=O)O)cc1. The Hall–Kier alpha value is -5.75. The van der Waals surface area contributed by atoms with Crippen molar-refractivity contribution in [2.75, 3.05) is 40.6 Å². The Labute approximate surface area is 346 Å². The number of hydrogen-bond acceptors (Lipinski definition) is 21. The van der Waals surface area contributed by atoms with Gasteiger partial charge in [-0.15, -0.1) is 4.33 Å². The molecule has 7 N–H and O–H groups in total. The summed E-state index contributed by atoms with van der Waals surface area (Å²) in [6.45, 7) is 1.33. The van der Waals surface area contributed by atoms with Crippen molar-refractivity contribution < 1.29 is 58.3 Å². The third-order valence-corrected chi connectivity index (χ3v) is 10.4. The molecule has 0 radical (unpaired) electrons. The smallest absolute Gasteiger partial charge is 0.294 e. The summed E-state index contributed by atoms with van der Waals surface area (Å²) < 4.78 is 106. The number of azo groups is 2. The molecule has 23 nitrogen and oxygen atoms in total. The summed E-state index contributed by atoms with van der Waals surface area (Å²) in [7, 11) is -13.0. The second-order valence-electron chi connectivity index (χ2n) is 12.0. The molecule has 0 unspecified atom stereocenters. The second-order valence-corrected chi connectivity index (χ2v) is 17.4. The summed E-state index contributed by atoms with van der Waals surface area (Å²) in [5.74, 6) is -1.28. The molecule has 0 spiro atoms. The van der Waals surface area contributed by atoms with Crippen LogP contribution in [0, 0.1) is 6.92 Å². The topological polar surface area (TPSA) is 335 Å². The molecule has 4 aromatic carbocycles. The number of benzene rings is 4. The maximum absolute atomic E-state index is 11.4. The number of aryl methyl sites for hydroxylation is 1. The van der Waals surface area contributed by atoms with Gasteiger partial charge < -0.3 is 20.7 Å². The lowest BCUT2D eigenvalue weighted by Crippen LogP contribution is -2.17. The van der Waals surface area contributed by atoms with Crippen LogP contribution in [0.4, 0.5) is 52.0 Å². The van der Waals surface area contributed by atoms with E-state index in [2.05, 4.69) is 60.7 Å². The number of anilines is 5. The highest BCUT2D eigenvalue weighted by molar-refractivity contribution is 7.94. The number of nitrogens with one attached hydrogen (secondary N) is 3. The lowest BCUT2D eigenvalue weighted by atomic mass is 10.2. The Kier molecular flexibility index (Phi) is 15.5. The van der Waals surface area contributed by atoms with Crippen molar-refractivity contribution in [1.82, 2.24) is 15.0 Å². The summed E-state index contributed by atoms with van der Waals surface area (Å²) >= 11 is 0.733. The van der Waals surface area contributed by atoms with Gasteiger partial charge in [-0.25, -0.2) is 5.26 Å². The zero-order chi connectivity index (χ0) is 43.3. The molecule has 0 fully saturated rings. The minimum atomic E-state index is -4.36. The van der Waals surface area contributed by atoms with Gasteiger partial charge in [0.25, 0.3) is 30.4 Å². The Bertz CT molecular complexity index is 2690. The van der Waals surface area contributed by atoms with Gasteiger partial charge in [-0.3, -0.25) is 13.7 Å². The summed E-state index contributed by atoms with van der Waals surface area (Å²) in [6, 6.07) is 21.3. The average Bonchev–Trinajstić information content (AvgIpc) is 3.17. The van der Waals surface area contributed by atoms with Gasteiger partial charge in [-0.05, 0) is 91.7 Å².